The molecule has 1 aromatic carbocycles. The number of benzene rings is 1. The van der Waals surface area contributed by atoms with Crippen molar-refractivity contribution in [2.75, 3.05) is 48.5 Å². The van der Waals surface area contributed by atoms with Crippen LogP contribution in [0.3, 0.4) is 0 Å². The maximum Gasteiger partial charge on any atom is 0.246 e. The van der Waals surface area contributed by atoms with Crippen molar-refractivity contribution >= 4 is 23.6 Å². The molecule has 1 saturated heterocycles. The van der Waals surface area contributed by atoms with Gasteiger partial charge in [-0.15, -0.1) is 0 Å². The van der Waals surface area contributed by atoms with Crippen molar-refractivity contribution in [2.24, 2.45) is 17.8 Å². The molecule has 0 radical (unpaired) electrons. The molecule has 1 aliphatic heterocycles. The van der Waals surface area contributed by atoms with Crippen molar-refractivity contribution in [2.45, 2.75) is 117 Å². The van der Waals surface area contributed by atoms with Gasteiger partial charge in [-0.3, -0.25) is 24.1 Å². The number of rotatable bonds is 20. The molecule has 1 aromatic rings. The highest BCUT2D eigenvalue weighted by atomic mass is 16.5. The molecule has 1 unspecified atom stereocenters. The molecular formula is C38H66N6O6. The largest absolute Gasteiger partial charge is 0.378 e. The zero-order valence-electron chi connectivity index (χ0n) is 32.7. The number of carbonyl (C=O) groups excluding carboxylic acids is 4. The lowest BCUT2D eigenvalue weighted by molar-refractivity contribution is -0.152. The van der Waals surface area contributed by atoms with Gasteiger partial charge in [0.1, 0.15) is 12.2 Å². The van der Waals surface area contributed by atoms with E-state index in [9.17, 15) is 19.2 Å². The fraction of sp³-hybridized carbons (Fsp3) is 0.737. The van der Waals surface area contributed by atoms with E-state index in [1.54, 1.807) is 33.2 Å². The maximum atomic E-state index is 14.1. The van der Waals surface area contributed by atoms with Crippen molar-refractivity contribution in [3.63, 3.8) is 0 Å². The van der Waals surface area contributed by atoms with Crippen LogP contribution in [0.25, 0.3) is 0 Å². The number of carbonyl (C=O) groups is 4. The molecule has 0 spiro atoms. The highest BCUT2D eigenvalue weighted by molar-refractivity contribution is 5.90. The Hall–Kier alpha value is -3.06. The van der Waals surface area contributed by atoms with E-state index in [0.29, 0.717) is 19.5 Å². The number of hydrogen-bond donors (Lipinski definition) is 3. The number of amides is 4. The lowest BCUT2D eigenvalue weighted by Gasteiger charge is -2.42. The van der Waals surface area contributed by atoms with Gasteiger partial charge >= 0.3 is 0 Å². The molecule has 50 heavy (non-hydrogen) atoms. The monoisotopic (exact) mass is 703 g/mol. The quantitative estimate of drug-likeness (QED) is 0.177. The number of ether oxygens (including phenoxy) is 2. The molecular weight excluding hydrogens is 636 g/mol. The van der Waals surface area contributed by atoms with Gasteiger partial charge in [-0.2, -0.15) is 0 Å². The minimum atomic E-state index is -0.767. The summed E-state index contributed by atoms with van der Waals surface area (Å²) in [6.07, 6.45) is 0.517. The van der Waals surface area contributed by atoms with Crippen LogP contribution in [0.2, 0.25) is 0 Å². The fourth-order valence-electron chi connectivity index (χ4n) is 7.17. The number of nitrogens with zero attached hydrogens (tertiary/aromatic N) is 3. The van der Waals surface area contributed by atoms with Crippen LogP contribution in [0.15, 0.2) is 30.3 Å². The van der Waals surface area contributed by atoms with E-state index >= 15 is 0 Å². The Kier molecular flexibility index (Phi) is 17.9. The molecule has 0 bridgehead atoms. The van der Waals surface area contributed by atoms with Gasteiger partial charge in [-0.05, 0) is 64.2 Å². The summed E-state index contributed by atoms with van der Waals surface area (Å²) in [4.78, 5) is 60.1. The predicted octanol–water partition coefficient (Wildman–Crippen LogP) is 2.90. The van der Waals surface area contributed by atoms with Gasteiger partial charge in [0.25, 0.3) is 0 Å². The second-order valence-corrected chi connectivity index (χ2v) is 14.5. The first-order chi connectivity index (χ1) is 23.6. The van der Waals surface area contributed by atoms with Gasteiger partial charge in [0.15, 0.2) is 0 Å². The Morgan fingerprint density at radius 3 is 2.04 bits per heavy atom. The number of hydrogen-bond acceptors (Lipinski definition) is 8. The Balaban J connectivity index is 2.22. The molecule has 8 atom stereocenters. The molecule has 4 amide bonds. The third kappa shape index (κ3) is 11.5. The number of methoxy groups -OCH3 is 2. The highest BCUT2D eigenvalue weighted by Gasteiger charge is 2.43. The van der Waals surface area contributed by atoms with Gasteiger partial charge in [-0.1, -0.05) is 71.9 Å². The first-order valence-corrected chi connectivity index (χ1v) is 18.3. The molecule has 1 fully saturated rings. The van der Waals surface area contributed by atoms with Crippen LogP contribution in [-0.2, 0) is 35.1 Å². The fourth-order valence-corrected chi connectivity index (χ4v) is 7.17. The minimum absolute atomic E-state index is 0.0264. The van der Waals surface area contributed by atoms with Crippen molar-refractivity contribution in [1.29, 1.82) is 0 Å². The summed E-state index contributed by atoms with van der Waals surface area (Å²) < 4.78 is 11.9. The van der Waals surface area contributed by atoms with E-state index in [1.165, 1.54) is 0 Å². The Labute approximate surface area is 301 Å². The molecule has 12 nitrogen and oxygen atoms in total. The van der Waals surface area contributed by atoms with E-state index in [1.807, 2.05) is 95.6 Å². The topological polar surface area (TPSA) is 133 Å². The van der Waals surface area contributed by atoms with Gasteiger partial charge in [-0.25, -0.2) is 0 Å². The Morgan fingerprint density at radius 1 is 0.900 bits per heavy atom. The van der Waals surface area contributed by atoms with Crippen LogP contribution in [-0.4, -0.2) is 129 Å². The third-order valence-electron chi connectivity index (χ3n) is 10.1. The zero-order chi connectivity index (χ0) is 37.7. The highest BCUT2D eigenvalue weighted by Crippen LogP contribution is 2.28. The van der Waals surface area contributed by atoms with Crippen molar-refractivity contribution in [3.8, 4) is 0 Å². The molecule has 0 aliphatic carbocycles. The van der Waals surface area contributed by atoms with E-state index in [4.69, 9.17) is 9.47 Å². The first-order valence-electron chi connectivity index (χ1n) is 18.3. The van der Waals surface area contributed by atoms with Gasteiger partial charge < -0.3 is 35.2 Å². The van der Waals surface area contributed by atoms with Gasteiger partial charge in [0.05, 0.1) is 36.6 Å². The number of nitrogens with one attached hydrogen (secondary N) is 3. The van der Waals surface area contributed by atoms with Crippen LogP contribution in [0.4, 0.5) is 0 Å². The van der Waals surface area contributed by atoms with Crippen LogP contribution in [0, 0.1) is 17.8 Å². The molecule has 12 heteroatoms. The van der Waals surface area contributed by atoms with Crippen LogP contribution < -0.4 is 16.0 Å². The summed E-state index contributed by atoms with van der Waals surface area (Å²) >= 11 is 0. The van der Waals surface area contributed by atoms with E-state index in [2.05, 4.69) is 16.0 Å². The average Bonchev–Trinajstić information content (AvgIpc) is 3.56. The molecule has 0 aromatic heterocycles. The Morgan fingerprint density at radius 2 is 1.52 bits per heavy atom. The molecule has 1 heterocycles. The normalized spacial score (nSPS) is 19.1. The van der Waals surface area contributed by atoms with Crippen LogP contribution in [0.1, 0.15) is 73.3 Å². The van der Waals surface area contributed by atoms with E-state index in [-0.39, 0.29) is 54.0 Å². The smallest absolute Gasteiger partial charge is 0.246 e. The molecule has 0 saturated carbocycles. The lowest BCUT2D eigenvalue weighted by atomic mass is 9.94. The first kappa shape index (κ1) is 43.1. The van der Waals surface area contributed by atoms with Crippen LogP contribution in [0.5, 0.6) is 0 Å². The summed E-state index contributed by atoms with van der Waals surface area (Å²) in [5.74, 6) is -1.35. The van der Waals surface area contributed by atoms with Gasteiger partial charge in [0.2, 0.25) is 23.6 Å². The summed E-state index contributed by atoms with van der Waals surface area (Å²) in [6, 6.07) is 8.49. The Bertz CT molecular complexity index is 1220. The second-order valence-electron chi connectivity index (χ2n) is 14.5. The number of likely N-dealkylation sites (N-methyl/N-ethyl adjacent to an activating group) is 3. The molecule has 3 N–H and O–H groups in total. The SMILES string of the molecule is CCN(C)[C@@H]([C@@H](CC(=O)N1CCC[C@H]1[C@H](OC)[C@@H](C)C(=O)N[C@H](C)Cc1ccccc1)OC)N(C)C(=O)[C@@H](NC(=O)C(NC)C(C)C)C(C)C. The standard InChI is InChI=1S/C38H66N6O6/c1-13-42(9)37(43(10)38(48)33(25(4)5)41-36(47)32(39-8)24(2)3)30(49-11)23-31(45)44-21-17-20-29(44)34(50-12)27(7)35(46)40-26(6)22-28-18-15-14-16-19-28/h14-16,18-19,24-27,29-30,32-34,37,39H,13,17,20-23H2,1-12H3,(H,40,46)(H,41,47)/t26-,27-,29+,30-,32?,33+,34-,37-/m1/s1. The van der Waals surface area contributed by atoms with E-state index < -0.39 is 36.4 Å². The van der Waals surface area contributed by atoms with Crippen LogP contribution >= 0.6 is 0 Å². The van der Waals surface area contributed by atoms with Gasteiger partial charge in [0, 0.05) is 33.9 Å². The second kappa shape index (κ2) is 20.7. The van der Waals surface area contributed by atoms with Crippen molar-refractivity contribution < 1.29 is 28.7 Å². The summed E-state index contributed by atoms with van der Waals surface area (Å²) in [7, 11) is 8.47. The average molecular weight is 703 g/mol. The molecule has 2 rings (SSSR count). The van der Waals surface area contributed by atoms with Crippen molar-refractivity contribution in [3.05, 3.63) is 35.9 Å². The van der Waals surface area contributed by atoms with Crippen molar-refractivity contribution in [1.82, 2.24) is 30.7 Å². The summed E-state index contributed by atoms with van der Waals surface area (Å²) in [5, 5.41) is 9.16. The number of likely N-dealkylation sites (tertiary alicyclic amines) is 1. The third-order valence-corrected chi connectivity index (χ3v) is 10.1. The zero-order valence-corrected chi connectivity index (χ0v) is 32.7. The minimum Gasteiger partial charge on any atom is -0.378 e. The molecule has 1 aliphatic rings. The predicted molar refractivity (Wildman–Crippen MR) is 197 cm³/mol. The van der Waals surface area contributed by atoms with E-state index in [0.717, 1.165) is 18.4 Å². The summed E-state index contributed by atoms with van der Waals surface area (Å²) in [6.45, 7) is 14.7. The molecule has 284 valence electrons. The lowest BCUT2D eigenvalue weighted by Crippen LogP contribution is -2.61. The maximum absolute atomic E-state index is 14.1. The summed E-state index contributed by atoms with van der Waals surface area (Å²) in [5.41, 5.74) is 1.15.